The Morgan fingerprint density at radius 1 is 1.15 bits per heavy atom. The van der Waals surface area contributed by atoms with Gasteiger partial charge < -0.3 is 14.5 Å². The van der Waals surface area contributed by atoms with E-state index >= 15 is 0 Å². The Labute approximate surface area is 155 Å². The Bertz CT molecular complexity index is 835. The van der Waals surface area contributed by atoms with E-state index in [-0.39, 0.29) is 22.2 Å². The van der Waals surface area contributed by atoms with E-state index in [4.69, 9.17) is 16.3 Å². The number of carbonyl (C=O) groups is 1. The molecule has 0 bridgehead atoms. The second-order valence-electron chi connectivity index (χ2n) is 5.87. The maximum absolute atomic E-state index is 12.7. The van der Waals surface area contributed by atoms with Crippen LogP contribution in [0.3, 0.4) is 0 Å². The number of para-hydroxylation sites is 2. The number of halogens is 1. The van der Waals surface area contributed by atoms with Crippen molar-refractivity contribution in [1.29, 1.82) is 0 Å². The zero-order chi connectivity index (χ0) is 18.7. The molecule has 0 unspecified atom stereocenters. The number of nitro benzene ring substituents is 1. The van der Waals surface area contributed by atoms with Crippen molar-refractivity contribution in [3.05, 3.63) is 63.2 Å². The quantitative estimate of drug-likeness (QED) is 0.605. The monoisotopic (exact) mass is 375 g/mol. The first-order chi connectivity index (χ1) is 12.5. The van der Waals surface area contributed by atoms with E-state index in [9.17, 15) is 14.9 Å². The third-order valence-electron chi connectivity index (χ3n) is 4.38. The van der Waals surface area contributed by atoms with E-state index in [2.05, 4.69) is 4.90 Å². The molecule has 0 spiro atoms. The summed E-state index contributed by atoms with van der Waals surface area (Å²) in [5, 5.41) is 11.2. The van der Waals surface area contributed by atoms with Gasteiger partial charge in [-0.15, -0.1) is 0 Å². The predicted molar refractivity (Wildman–Crippen MR) is 99.2 cm³/mol. The molecule has 7 nitrogen and oxygen atoms in total. The van der Waals surface area contributed by atoms with E-state index in [1.165, 1.54) is 18.2 Å². The van der Waals surface area contributed by atoms with Crippen LogP contribution in [-0.2, 0) is 0 Å². The molecular formula is C18H18ClN3O4. The van der Waals surface area contributed by atoms with Gasteiger partial charge in [0.15, 0.2) is 0 Å². The van der Waals surface area contributed by atoms with Crippen molar-refractivity contribution in [2.45, 2.75) is 0 Å². The summed E-state index contributed by atoms with van der Waals surface area (Å²) < 4.78 is 5.39. The van der Waals surface area contributed by atoms with Gasteiger partial charge in [0.1, 0.15) is 5.75 Å². The van der Waals surface area contributed by atoms with Crippen LogP contribution in [0.5, 0.6) is 5.75 Å². The summed E-state index contributed by atoms with van der Waals surface area (Å²) in [5.74, 6) is 0.493. The van der Waals surface area contributed by atoms with Gasteiger partial charge in [-0.2, -0.15) is 0 Å². The number of nitrogens with zero attached hydrogens (tertiary/aromatic N) is 3. The number of benzene rings is 2. The molecular weight excluding hydrogens is 358 g/mol. The number of amides is 1. The minimum atomic E-state index is -0.535. The maximum atomic E-state index is 12.7. The van der Waals surface area contributed by atoms with Crippen LogP contribution in [0, 0.1) is 10.1 Å². The van der Waals surface area contributed by atoms with E-state index in [0.717, 1.165) is 11.4 Å². The zero-order valence-electron chi connectivity index (χ0n) is 14.2. The number of hydrogen-bond donors (Lipinski definition) is 0. The summed E-state index contributed by atoms with van der Waals surface area (Å²) in [4.78, 5) is 27.0. The third-order valence-corrected chi connectivity index (χ3v) is 4.71. The van der Waals surface area contributed by atoms with Crippen molar-refractivity contribution in [3.8, 4) is 5.75 Å². The number of carbonyl (C=O) groups excluding carboxylic acids is 1. The topological polar surface area (TPSA) is 75.9 Å². The van der Waals surface area contributed by atoms with Crippen LogP contribution in [0.15, 0.2) is 42.5 Å². The van der Waals surface area contributed by atoms with Crippen molar-refractivity contribution in [2.75, 3.05) is 38.2 Å². The van der Waals surface area contributed by atoms with Crippen molar-refractivity contribution >= 4 is 28.9 Å². The molecule has 136 valence electrons. The molecule has 3 rings (SSSR count). The number of piperazine rings is 1. The highest BCUT2D eigenvalue weighted by atomic mass is 35.5. The Morgan fingerprint density at radius 2 is 1.85 bits per heavy atom. The Kier molecular flexibility index (Phi) is 5.27. The van der Waals surface area contributed by atoms with Crippen LogP contribution in [-0.4, -0.2) is 49.0 Å². The normalized spacial score (nSPS) is 14.2. The van der Waals surface area contributed by atoms with Gasteiger partial charge in [0.25, 0.3) is 11.6 Å². The first kappa shape index (κ1) is 18.0. The summed E-state index contributed by atoms with van der Waals surface area (Å²) in [7, 11) is 1.63. The first-order valence-corrected chi connectivity index (χ1v) is 8.50. The molecule has 8 heteroatoms. The summed E-state index contributed by atoms with van der Waals surface area (Å²) in [6.07, 6.45) is 0. The molecule has 1 aliphatic heterocycles. The summed E-state index contributed by atoms with van der Waals surface area (Å²) in [5.41, 5.74) is 0.993. The molecule has 1 fully saturated rings. The number of hydrogen-bond acceptors (Lipinski definition) is 5. The summed E-state index contributed by atoms with van der Waals surface area (Å²) in [6, 6.07) is 11.6. The molecule has 2 aromatic carbocycles. The Morgan fingerprint density at radius 3 is 2.50 bits per heavy atom. The van der Waals surface area contributed by atoms with Gasteiger partial charge in [-0.25, -0.2) is 0 Å². The number of rotatable bonds is 4. The smallest absolute Gasteiger partial charge is 0.270 e. The van der Waals surface area contributed by atoms with Gasteiger partial charge in [-0.05, 0) is 18.2 Å². The van der Waals surface area contributed by atoms with Gasteiger partial charge in [-0.3, -0.25) is 14.9 Å². The molecule has 0 N–H and O–H groups in total. The van der Waals surface area contributed by atoms with Crippen LogP contribution in [0.4, 0.5) is 11.4 Å². The molecule has 26 heavy (non-hydrogen) atoms. The lowest BCUT2D eigenvalue weighted by atomic mass is 10.1. The third kappa shape index (κ3) is 3.57. The SMILES string of the molecule is COc1ccccc1N1CCN(C(=O)c2cc([N+](=O)[O-])ccc2Cl)CC1. The van der Waals surface area contributed by atoms with Crippen LogP contribution in [0.2, 0.25) is 5.02 Å². The van der Waals surface area contributed by atoms with Crippen molar-refractivity contribution < 1.29 is 14.5 Å². The largest absolute Gasteiger partial charge is 0.495 e. The average Bonchev–Trinajstić information content (AvgIpc) is 2.67. The number of anilines is 1. The predicted octanol–water partition coefficient (Wildman–Crippen LogP) is 3.22. The van der Waals surface area contributed by atoms with E-state index in [1.807, 2.05) is 24.3 Å². The summed E-state index contributed by atoms with van der Waals surface area (Å²) >= 11 is 6.08. The Balaban J connectivity index is 1.73. The van der Waals surface area contributed by atoms with Gasteiger partial charge in [0.05, 0.1) is 28.3 Å². The van der Waals surface area contributed by atoms with Gasteiger partial charge in [0, 0.05) is 38.3 Å². The standard InChI is InChI=1S/C18H18ClN3O4/c1-26-17-5-3-2-4-16(17)20-8-10-21(11-9-20)18(23)14-12-13(22(24)25)6-7-15(14)19/h2-7,12H,8-11H2,1H3. The van der Waals surface area contributed by atoms with E-state index < -0.39 is 4.92 Å². The number of methoxy groups -OCH3 is 1. The molecule has 1 aliphatic rings. The summed E-state index contributed by atoms with van der Waals surface area (Å²) in [6.45, 7) is 2.27. The molecule has 0 aromatic heterocycles. The van der Waals surface area contributed by atoms with E-state index in [0.29, 0.717) is 26.2 Å². The van der Waals surface area contributed by atoms with Crippen LogP contribution >= 0.6 is 11.6 Å². The minimum Gasteiger partial charge on any atom is -0.495 e. The molecule has 2 aromatic rings. The highest BCUT2D eigenvalue weighted by Crippen LogP contribution is 2.29. The molecule has 1 heterocycles. The fourth-order valence-electron chi connectivity index (χ4n) is 3.00. The second-order valence-corrected chi connectivity index (χ2v) is 6.28. The fraction of sp³-hybridized carbons (Fsp3) is 0.278. The lowest BCUT2D eigenvalue weighted by Gasteiger charge is -2.36. The van der Waals surface area contributed by atoms with Crippen molar-refractivity contribution in [3.63, 3.8) is 0 Å². The molecule has 0 radical (unpaired) electrons. The first-order valence-electron chi connectivity index (χ1n) is 8.12. The highest BCUT2D eigenvalue weighted by Gasteiger charge is 2.26. The molecule has 0 saturated carbocycles. The van der Waals surface area contributed by atoms with Gasteiger partial charge >= 0.3 is 0 Å². The number of non-ortho nitro benzene ring substituents is 1. The number of nitro groups is 1. The van der Waals surface area contributed by atoms with Gasteiger partial charge in [0.2, 0.25) is 0 Å². The lowest BCUT2D eigenvalue weighted by Crippen LogP contribution is -2.49. The van der Waals surface area contributed by atoms with Gasteiger partial charge in [-0.1, -0.05) is 23.7 Å². The van der Waals surface area contributed by atoms with Crippen molar-refractivity contribution in [1.82, 2.24) is 4.90 Å². The minimum absolute atomic E-state index is 0.148. The fourth-order valence-corrected chi connectivity index (χ4v) is 3.20. The second kappa shape index (κ2) is 7.61. The van der Waals surface area contributed by atoms with Crippen LogP contribution < -0.4 is 9.64 Å². The van der Waals surface area contributed by atoms with Crippen molar-refractivity contribution in [2.24, 2.45) is 0 Å². The highest BCUT2D eigenvalue weighted by molar-refractivity contribution is 6.33. The zero-order valence-corrected chi connectivity index (χ0v) is 15.0. The Hall–Kier alpha value is -2.80. The average molecular weight is 376 g/mol. The molecule has 0 aliphatic carbocycles. The molecule has 1 saturated heterocycles. The molecule has 0 atom stereocenters. The molecule has 1 amide bonds. The number of ether oxygens (including phenoxy) is 1. The van der Waals surface area contributed by atoms with Crippen LogP contribution in [0.25, 0.3) is 0 Å². The van der Waals surface area contributed by atoms with E-state index in [1.54, 1.807) is 12.0 Å². The van der Waals surface area contributed by atoms with Crippen LogP contribution in [0.1, 0.15) is 10.4 Å². The lowest BCUT2D eigenvalue weighted by molar-refractivity contribution is -0.384. The maximum Gasteiger partial charge on any atom is 0.270 e.